The second-order valence-electron chi connectivity index (χ2n) is 2.49. The molecule has 0 fully saturated rings. The number of ketones is 1. The molecule has 1 aromatic carbocycles. The van der Waals surface area contributed by atoms with Gasteiger partial charge in [0, 0.05) is 5.02 Å². The Balaban J connectivity index is 3.01. The number of rotatable bonds is 3. The largest absolute Gasteiger partial charge is 0.293 e. The minimum absolute atomic E-state index is 0.241. The van der Waals surface area contributed by atoms with Gasteiger partial charge in [-0.15, -0.1) is 11.6 Å². The van der Waals surface area contributed by atoms with E-state index in [4.69, 9.17) is 23.2 Å². The standard InChI is InChI=1S/C10H8Cl2O/c1-2-9(13)10(12)7-5-3-4-6-8(7)11/h2-6,10H,1H2. The lowest BCUT2D eigenvalue weighted by Crippen LogP contribution is -2.03. The third-order valence-corrected chi connectivity index (χ3v) is 2.42. The summed E-state index contributed by atoms with van der Waals surface area (Å²) in [6.45, 7) is 3.36. The SMILES string of the molecule is C=CC(=O)C(Cl)c1ccccc1Cl. The molecule has 1 atom stereocenters. The van der Waals surface area contributed by atoms with Gasteiger partial charge in [-0.05, 0) is 17.7 Å². The first-order valence-corrected chi connectivity index (χ1v) is 4.53. The van der Waals surface area contributed by atoms with Crippen LogP contribution < -0.4 is 0 Å². The lowest BCUT2D eigenvalue weighted by Gasteiger charge is -2.07. The molecule has 0 saturated heterocycles. The van der Waals surface area contributed by atoms with Crippen molar-refractivity contribution >= 4 is 29.0 Å². The normalized spacial score (nSPS) is 12.2. The van der Waals surface area contributed by atoms with Crippen molar-refractivity contribution in [3.05, 3.63) is 47.5 Å². The van der Waals surface area contributed by atoms with E-state index >= 15 is 0 Å². The summed E-state index contributed by atoms with van der Waals surface area (Å²) in [6, 6.07) is 6.99. The van der Waals surface area contributed by atoms with E-state index in [1.165, 1.54) is 6.08 Å². The Kier molecular flexibility index (Phi) is 3.52. The number of alkyl halides is 1. The molecule has 0 N–H and O–H groups in total. The van der Waals surface area contributed by atoms with Crippen molar-refractivity contribution in [3.63, 3.8) is 0 Å². The molecule has 0 radical (unpaired) electrons. The van der Waals surface area contributed by atoms with Gasteiger partial charge in [-0.25, -0.2) is 0 Å². The molecule has 0 aromatic heterocycles. The highest BCUT2D eigenvalue weighted by molar-refractivity contribution is 6.36. The highest BCUT2D eigenvalue weighted by Gasteiger charge is 2.16. The van der Waals surface area contributed by atoms with E-state index in [9.17, 15) is 4.79 Å². The van der Waals surface area contributed by atoms with Gasteiger partial charge in [0.25, 0.3) is 0 Å². The van der Waals surface area contributed by atoms with Crippen molar-refractivity contribution in [2.45, 2.75) is 5.38 Å². The molecule has 13 heavy (non-hydrogen) atoms. The van der Waals surface area contributed by atoms with Gasteiger partial charge in [0.1, 0.15) is 5.38 Å². The first-order chi connectivity index (χ1) is 6.16. The molecule has 0 bridgehead atoms. The Morgan fingerprint density at radius 3 is 2.62 bits per heavy atom. The molecule has 0 aliphatic heterocycles. The van der Waals surface area contributed by atoms with E-state index in [0.29, 0.717) is 10.6 Å². The zero-order valence-corrected chi connectivity index (χ0v) is 8.35. The molecule has 1 rings (SSSR count). The molecule has 1 aromatic rings. The summed E-state index contributed by atoms with van der Waals surface area (Å²) in [5.41, 5.74) is 0.621. The quantitative estimate of drug-likeness (QED) is 0.558. The number of halogens is 2. The number of allylic oxidation sites excluding steroid dienone is 1. The first-order valence-electron chi connectivity index (χ1n) is 3.71. The van der Waals surface area contributed by atoms with E-state index in [2.05, 4.69) is 6.58 Å². The summed E-state index contributed by atoms with van der Waals surface area (Å²) in [5.74, 6) is -0.241. The van der Waals surface area contributed by atoms with Crippen LogP contribution in [0, 0.1) is 0 Å². The topological polar surface area (TPSA) is 17.1 Å². The summed E-state index contributed by atoms with van der Waals surface area (Å²) in [6.07, 6.45) is 1.20. The number of hydrogen-bond donors (Lipinski definition) is 0. The fourth-order valence-corrected chi connectivity index (χ4v) is 1.52. The van der Waals surface area contributed by atoms with Crippen molar-refractivity contribution in [2.75, 3.05) is 0 Å². The van der Waals surface area contributed by atoms with Crippen LogP contribution in [0.15, 0.2) is 36.9 Å². The highest BCUT2D eigenvalue weighted by Crippen LogP contribution is 2.28. The van der Waals surface area contributed by atoms with Gasteiger partial charge < -0.3 is 0 Å². The van der Waals surface area contributed by atoms with Gasteiger partial charge in [-0.3, -0.25) is 4.79 Å². The number of benzene rings is 1. The van der Waals surface area contributed by atoms with Crippen LogP contribution in [0.4, 0.5) is 0 Å². The molecule has 1 nitrogen and oxygen atoms in total. The van der Waals surface area contributed by atoms with Crippen LogP contribution in [-0.2, 0) is 4.79 Å². The molecule has 0 saturated carbocycles. The summed E-state index contributed by atoms with van der Waals surface area (Å²) in [4.78, 5) is 11.2. The fourth-order valence-electron chi connectivity index (χ4n) is 0.937. The molecule has 3 heteroatoms. The minimum Gasteiger partial charge on any atom is -0.293 e. The number of carbonyl (C=O) groups excluding carboxylic acids is 1. The molecule has 68 valence electrons. The van der Waals surface area contributed by atoms with Crippen LogP contribution in [-0.4, -0.2) is 5.78 Å². The van der Waals surface area contributed by atoms with Gasteiger partial charge in [-0.1, -0.05) is 36.4 Å². The van der Waals surface area contributed by atoms with Crippen LogP contribution >= 0.6 is 23.2 Å². The third kappa shape index (κ3) is 2.33. The van der Waals surface area contributed by atoms with E-state index in [0.717, 1.165) is 0 Å². The van der Waals surface area contributed by atoms with Crippen molar-refractivity contribution in [2.24, 2.45) is 0 Å². The molecule has 0 spiro atoms. The maximum atomic E-state index is 11.2. The maximum Gasteiger partial charge on any atom is 0.177 e. The van der Waals surface area contributed by atoms with E-state index in [1.54, 1.807) is 24.3 Å². The molecule has 1 unspecified atom stereocenters. The van der Waals surface area contributed by atoms with Crippen LogP contribution in [0.2, 0.25) is 5.02 Å². The second-order valence-corrected chi connectivity index (χ2v) is 3.33. The second kappa shape index (κ2) is 4.45. The Morgan fingerprint density at radius 2 is 2.08 bits per heavy atom. The zero-order valence-electron chi connectivity index (χ0n) is 6.84. The van der Waals surface area contributed by atoms with Gasteiger partial charge in [-0.2, -0.15) is 0 Å². The summed E-state index contributed by atoms with van der Waals surface area (Å²) in [5, 5.41) is -0.232. The van der Waals surface area contributed by atoms with Crippen molar-refractivity contribution in [1.29, 1.82) is 0 Å². The summed E-state index contributed by atoms with van der Waals surface area (Å²) in [7, 11) is 0. The van der Waals surface area contributed by atoms with Crippen LogP contribution in [0.1, 0.15) is 10.9 Å². The molecular formula is C10H8Cl2O. The lowest BCUT2D eigenvalue weighted by atomic mass is 10.1. The van der Waals surface area contributed by atoms with Crippen LogP contribution in [0.3, 0.4) is 0 Å². The van der Waals surface area contributed by atoms with Gasteiger partial charge in [0.15, 0.2) is 5.78 Å². The predicted octanol–water partition coefficient (Wildman–Crippen LogP) is 3.38. The minimum atomic E-state index is -0.730. The van der Waals surface area contributed by atoms with Crippen LogP contribution in [0.25, 0.3) is 0 Å². The smallest absolute Gasteiger partial charge is 0.177 e. The Bertz CT molecular complexity index is 333. The summed E-state index contributed by atoms with van der Waals surface area (Å²) < 4.78 is 0. The molecule has 0 aliphatic rings. The van der Waals surface area contributed by atoms with Crippen molar-refractivity contribution in [3.8, 4) is 0 Å². The first kappa shape index (κ1) is 10.3. The van der Waals surface area contributed by atoms with E-state index in [1.807, 2.05) is 0 Å². The monoisotopic (exact) mass is 214 g/mol. The Morgan fingerprint density at radius 1 is 1.46 bits per heavy atom. The summed E-state index contributed by atoms with van der Waals surface area (Å²) >= 11 is 11.7. The van der Waals surface area contributed by atoms with Crippen molar-refractivity contribution in [1.82, 2.24) is 0 Å². The number of hydrogen-bond acceptors (Lipinski definition) is 1. The average molecular weight is 215 g/mol. The molecule has 0 amide bonds. The van der Waals surface area contributed by atoms with Crippen molar-refractivity contribution < 1.29 is 4.79 Å². The van der Waals surface area contributed by atoms with E-state index in [-0.39, 0.29) is 5.78 Å². The van der Waals surface area contributed by atoms with Gasteiger partial charge in [0.2, 0.25) is 0 Å². The molecular weight excluding hydrogens is 207 g/mol. The predicted molar refractivity (Wildman–Crippen MR) is 55.3 cm³/mol. The fraction of sp³-hybridized carbons (Fsp3) is 0.100. The maximum absolute atomic E-state index is 11.2. The van der Waals surface area contributed by atoms with Gasteiger partial charge in [0.05, 0.1) is 0 Å². The van der Waals surface area contributed by atoms with Crippen LogP contribution in [0.5, 0.6) is 0 Å². The highest BCUT2D eigenvalue weighted by atomic mass is 35.5. The third-order valence-electron chi connectivity index (χ3n) is 1.63. The Labute approximate surface area is 87.0 Å². The lowest BCUT2D eigenvalue weighted by molar-refractivity contribution is -0.114. The number of carbonyl (C=O) groups is 1. The van der Waals surface area contributed by atoms with E-state index < -0.39 is 5.38 Å². The molecule has 0 aliphatic carbocycles. The Hall–Kier alpha value is -0.790. The average Bonchev–Trinajstić information content (AvgIpc) is 2.16. The van der Waals surface area contributed by atoms with Gasteiger partial charge >= 0.3 is 0 Å². The molecule has 0 heterocycles. The zero-order chi connectivity index (χ0) is 9.84.